The minimum absolute atomic E-state index is 0.00750. The lowest BCUT2D eigenvalue weighted by atomic mass is 10.2. The number of nitrogens with one attached hydrogen (secondary N) is 1. The van der Waals surface area contributed by atoms with Crippen molar-refractivity contribution >= 4 is 5.91 Å². The van der Waals surface area contributed by atoms with Gasteiger partial charge >= 0.3 is 6.18 Å². The molecule has 0 fully saturated rings. The first-order chi connectivity index (χ1) is 8.44. The average molecular weight is 264 g/mol. The largest absolute Gasteiger partial charge is 0.467 e. The summed E-state index contributed by atoms with van der Waals surface area (Å²) in [5.41, 5.74) is -0.116. The van der Waals surface area contributed by atoms with Gasteiger partial charge in [0.15, 0.2) is 6.61 Å². The maximum atomic E-state index is 12.0. The molecule has 0 saturated carbocycles. The minimum atomic E-state index is -4.50. The van der Waals surface area contributed by atoms with E-state index >= 15 is 0 Å². The first-order valence-electron chi connectivity index (χ1n) is 4.97. The number of aliphatic hydroxyl groups is 1. The number of carbonyl (C=O) groups is 1. The summed E-state index contributed by atoms with van der Waals surface area (Å²) in [6.45, 7) is -1.80. The monoisotopic (exact) mass is 264 g/mol. The van der Waals surface area contributed by atoms with Crippen molar-refractivity contribution in [1.29, 1.82) is 0 Å². The summed E-state index contributed by atoms with van der Waals surface area (Å²) in [5, 5.41) is 10.8. The van der Waals surface area contributed by atoms with Gasteiger partial charge in [0.05, 0.1) is 6.61 Å². The Morgan fingerprint density at radius 2 is 2.22 bits per heavy atom. The van der Waals surface area contributed by atoms with Gasteiger partial charge in [-0.25, -0.2) is 4.98 Å². The van der Waals surface area contributed by atoms with Crippen molar-refractivity contribution in [3.63, 3.8) is 0 Å². The van der Waals surface area contributed by atoms with E-state index in [0.717, 1.165) is 0 Å². The van der Waals surface area contributed by atoms with Crippen LogP contribution < -0.4 is 10.1 Å². The van der Waals surface area contributed by atoms with Crippen LogP contribution >= 0.6 is 0 Å². The highest BCUT2D eigenvalue weighted by molar-refractivity contribution is 5.96. The van der Waals surface area contributed by atoms with Gasteiger partial charge in [-0.05, 0) is 12.1 Å². The van der Waals surface area contributed by atoms with Crippen LogP contribution in [0.4, 0.5) is 13.2 Å². The first kappa shape index (κ1) is 14.2. The van der Waals surface area contributed by atoms with Gasteiger partial charge in [-0.3, -0.25) is 4.79 Å². The molecule has 1 aromatic heterocycles. The highest BCUT2D eigenvalue weighted by Crippen LogP contribution is 2.19. The van der Waals surface area contributed by atoms with Crippen LogP contribution in [0, 0.1) is 0 Å². The summed E-state index contributed by atoms with van der Waals surface area (Å²) < 4.78 is 40.4. The first-order valence-corrected chi connectivity index (χ1v) is 4.97. The molecule has 18 heavy (non-hydrogen) atoms. The normalized spacial score (nSPS) is 11.1. The van der Waals surface area contributed by atoms with E-state index in [1.165, 1.54) is 18.3 Å². The zero-order chi connectivity index (χ0) is 13.6. The molecule has 1 aromatic rings. The molecule has 0 spiro atoms. The van der Waals surface area contributed by atoms with Gasteiger partial charge in [-0.1, -0.05) is 0 Å². The van der Waals surface area contributed by atoms with Crippen molar-refractivity contribution in [2.45, 2.75) is 6.18 Å². The smallest absolute Gasteiger partial charge is 0.422 e. The second kappa shape index (κ2) is 6.20. The van der Waals surface area contributed by atoms with E-state index in [2.05, 4.69) is 15.0 Å². The fraction of sp³-hybridized carbons (Fsp3) is 0.400. The van der Waals surface area contributed by atoms with Crippen molar-refractivity contribution in [3.05, 3.63) is 23.9 Å². The molecule has 5 nitrogen and oxygen atoms in total. The molecule has 1 amide bonds. The number of halogens is 3. The van der Waals surface area contributed by atoms with Crippen molar-refractivity contribution in [2.75, 3.05) is 19.8 Å². The Hall–Kier alpha value is -1.83. The number of ether oxygens (including phenoxy) is 1. The Labute approximate surface area is 101 Å². The maximum absolute atomic E-state index is 12.0. The third-order valence-corrected chi connectivity index (χ3v) is 1.79. The Morgan fingerprint density at radius 1 is 1.50 bits per heavy atom. The van der Waals surface area contributed by atoms with Gasteiger partial charge in [0.25, 0.3) is 5.91 Å². The van der Waals surface area contributed by atoms with Crippen LogP contribution in [0.3, 0.4) is 0 Å². The summed E-state index contributed by atoms with van der Waals surface area (Å²) >= 11 is 0. The van der Waals surface area contributed by atoms with Gasteiger partial charge in [0.1, 0.15) is 5.56 Å². The van der Waals surface area contributed by atoms with Gasteiger partial charge in [-0.15, -0.1) is 0 Å². The van der Waals surface area contributed by atoms with E-state index in [-0.39, 0.29) is 18.7 Å². The number of hydrogen-bond acceptors (Lipinski definition) is 4. The minimum Gasteiger partial charge on any atom is -0.467 e. The van der Waals surface area contributed by atoms with Crippen LogP contribution in [0.25, 0.3) is 0 Å². The molecule has 0 unspecified atom stereocenters. The molecule has 0 aromatic carbocycles. The van der Waals surface area contributed by atoms with Crippen molar-refractivity contribution in [1.82, 2.24) is 10.3 Å². The standard InChI is InChI=1S/C10H11F3N2O3/c11-10(12,13)6-18-9-7(2-1-3-15-9)8(17)14-4-5-16/h1-3,16H,4-6H2,(H,14,17). The lowest BCUT2D eigenvalue weighted by Gasteiger charge is -2.11. The predicted octanol–water partition coefficient (Wildman–Crippen LogP) is 0.745. The number of pyridine rings is 1. The number of rotatable bonds is 5. The zero-order valence-corrected chi connectivity index (χ0v) is 9.20. The Balaban J connectivity index is 2.76. The molecule has 0 atom stereocenters. The average Bonchev–Trinajstić information content (AvgIpc) is 2.33. The fourth-order valence-electron chi connectivity index (χ4n) is 1.09. The molecule has 0 saturated heterocycles. The second-order valence-electron chi connectivity index (χ2n) is 3.24. The molecule has 0 radical (unpaired) electrons. The van der Waals surface area contributed by atoms with Crippen molar-refractivity contribution in [3.8, 4) is 5.88 Å². The third-order valence-electron chi connectivity index (χ3n) is 1.79. The Kier molecular flexibility index (Phi) is 4.90. The molecule has 0 bridgehead atoms. The van der Waals surface area contributed by atoms with E-state index in [0.29, 0.717) is 0 Å². The lowest BCUT2D eigenvalue weighted by molar-refractivity contribution is -0.154. The second-order valence-corrected chi connectivity index (χ2v) is 3.24. The number of carbonyl (C=O) groups excluding carboxylic acids is 1. The van der Waals surface area contributed by atoms with Crippen LogP contribution in [0.15, 0.2) is 18.3 Å². The Bertz CT molecular complexity index is 410. The quantitative estimate of drug-likeness (QED) is 0.823. The van der Waals surface area contributed by atoms with Gasteiger partial charge < -0.3 is 15.2 Å². The highest BCUT2D eigenvalue weighted by Gasteiger charge is 2.29. The molecule has 8 heteroatoms. The van der Waals surface area contributed by atoms with Crippen LogP contribution in [0.1, 0.15) is 10.4 Å². The van der Waals surface area contributed by atoms with Crippen LogP contribution in [-0.4, -0.2) is 41.9 Å². The van der Waals surface area contributed by atoms with Crippen LogP contribution in [0.5, 0.6) is 5.88 Å². The number of hydrogen-bond donors (Lipinski definition) is 2. The molecule has 0 aliphatic carbocycles. The zero-order valence-electron chi connectivity index (χ0n) is 9.20. The lowest BCUT2D eigenvalue weighted by Crippen LogP contribution is -2.28. The fourth-order valence-corrected chi connectivity index (χ4v) is 1.09. The summed E-state index contributed by atoms with van der Waals surface area (Å²) in [5.74, 6) is -1.06. The van der Waals surface area contributed by atoms with Gasteiger partial charge in [0.2, 0.25) is 5.88 Å². The molecule has 0 aliphatic rings. The summed E-state index contributed by atoms with van der Waals surface area (Å²) in [6.07, 6.45) is -3.29. The highest BCUT2D eigenvalue weighted by atomic mass is 19.4. The molecule has 1 rings (SSSR count). The third kappa shape index (κ3) is 4.58. The number of aliphatic hydroxyl groups excluding tert-OH is 1. The summed E-state index contributed by atoms with van der Waals surface area (Å²) in [6, 6.07) is 2.68. The van der Waals surface area contributed by atoms with Crippen LogP contribution in [0.2, 0.25) is 0 Å². The number of amides is 1. The van der Waals surface area contributed by atoms with E-state index in [1.54, 1.807) is 0 Å². The van der Waals surface area contributed by atoms with E-state index in [1.807, 2.05) is 0 Å². The molecule has 2 N–H and O–H groups in total. The molecule has 0 aliphatic heterocycles. The van der Waals surface area contributed by atoms with E-state index in [4.69, 9.17) is 5.11 Å². The molecular formula is C10H11F3N2O3. The van der Waals surface area contributed by atoms with Crippen LogP contribution in [-0.2, 0) is 0 Å². The molecule has 100 valence electrons. The van der Waals surface area contributed by atoms with E-state index < -0.39 is 24.6 Å². The number of aromatic nitrogens is 1. The summed E-state index contributed by atoms with van der Waals surface area (Å²) in [4.78, 5) is 15.1. The predicted molar refractivity (Wildman–Crippen MR) is 55.2 cm³/mol. The topological polar surface area (TPSA) is 71.5 Å². The molecular weight excluding hydrogens is 253 g/mol. The Morgan fingerprint density at radius 3 is 2.83 bits per heavy atom. The maximum Gasteiger partial charge on any atom is 0.422 e. The number of alkyl halides is 3. The summed E-state index contributed by atoms with van der Waals surface area (Å²) in [7, 11) is 0. The van der Waals surface area contributed by atoms with Gasteiger partial charge in [-0.2, -0.15) is 13.2 Å². The van der Waals surface area contributed by atoms with Crippen molar-refractivity contribution < 1.29 is 27.8 Å². The van der Waals surface area contributed by atoms with Gasteiger partial charge in [0, 0.05) is 12.7 Å². The SMILES string of the molecule is O=C(NCCO)c1cccnc1OCC(F)(F)F. The molecule has 1 heterocycles. The number of nitrogens with zero attached hydrogens (tertiary/aromatic N) is 1. The van der Waals surface area contributed by atoms with Crippen molar-refractivity contribution in [2.24, 2.45) is 0 Å². The van der Waals surface area contributed by atoms with E-state index in [9.17, 15) is 18.0 Å².